The van der Waals surface area contributed by atoms with Crippen LogP contribution in [0.5, 0.6) is 0 Å². The maximum atomic E-state index is 6.10. The summed E-state index contributed by atoms with van der Waals surface area (Å²) in [5.74, 6) is 1.41. The fourth-order valence-corrected chi connectivity index (χ4v) is 3.37. The Hall–Kier alpha value is -0.220. The number of hydrogen-bond donors (Lipinski definition) is 2. The van der Waals surface area contributed by atoms with Crippen molar-refractivity contribution in [2.24, 2.45) is 18.0 Å². The van der Waals surface area contributed by atoms with Gasteiger partial charge in [-0.2, -0.15) is 0 Å². The van der Waals surface area contributed by atoms with Gasteiger partial charge in [0.15, 0.2) is 5.96 Å². The summed E-state index contributed by atoms with van der Waals surface area (Å²) in [6.07, 6.45) is 0.171. The molecular formula is C17H30Cl2IN5O. The molecule has 26 heavy (non-hydrogen) atoms. The van der Waals surface area contributed by atoms with Crippen LogP contribution >= 0.6 is 47.2 Å². The minimum Gasteiger partial charge on any atom is -0.374 e. The lowest BCUT2D eigenvalue weighted by Gasteiger charge is -2.34. The SMILES string of the molecule is CN=C(NCc1cc(Cl)c(Cl)n1C)NCC1CN(CC(C)C)CCO1.I. The lowest BCUT2D eigenvalue weighted by Crippen LogP contribution is -2.50. The molecule has 1 aromatic rings. The molecule has 0 radical (unpaired) electrons. The van der Waals surface area contributed by atoms with Crippen LogP contribution in [0.15, 0.2) is 11.1 Å². The van der Waals surface area contributed by atoms with Crippen molar-refractivity contribution in [1.82, 2.24) is 20.1 Å². The molecule has 6 nitrogen and oxygen atoms in total. The van der Waals surface area contributed by atoms with Crippen LogP contribution in [-0.2, 0) is 18.3 Å². The smallest absolute Gasteiger partial charge is 0.191 e. The molecule has 2 rings (SSSR count). The summed E-state index contributed by atoms with van der Waals surface area (Å²) >= 11 is 12.1. The lowest BCUT2D eigenvalue weighted by molar-refractivity contribution is -0.0284. The Balaban J connectivity index is 0.00000338. The third-order valence-corrected chi connectivity index (χ3v) is 5.06. The summed E-state index contributed by atoms with van der Waals surface area (Å²) in [7, 11) is 3.65. The summed E-state index contributed by atoms with van der Waals surface area (Å²) in [6, 6.07) is 1.86. The molecule has 0 aromatic carbocycles. The van der Waals surface area contributed by atoms with Gasteiger partial charge in [0.2, 0.25) is 0 Å². The second kappa shape index (κ2) is 11.6. The first-order chi connectivity index (χ1) is 11.9. The molecule has 9 heteroatoms. The molecule has 1 unspecified atom stereocenters. The molecule has 0 aliphatic carbocycles. The molecule has 1 atom stereocenters. The Labute approximate surface area is 183 Å². The zero-order valence-electron chi connectivity index (χ0n) is 15.9. The molecule has 1 aromatic heterocycles. The Bertz CT molecular complexity index is 594. The van der Waals surface area contributed by atoms with Crippen molar-refractivity contribution in [3.05, 3.63) is 21.9 Å². The predicted octanol–water partition coefficient (Wildman–Crippen LogP) is 2.97. The van der Waals surface area contributed by atoms with E-state index in [-0.39, 0.29) is 30.1 Å². The molecule has 1 aliphatic heterocycles. The number of ether oxygens (including phenoxy) is 1. The third-order valence-electron chi connectivity index (χ3n) is 4.22. The monoisotopic (exact) mass is 517 g/mol. The van der Waals surface area contributed by atoms with Gasteiger partial charge in [-0.05, 0) is 12.0 Å². The van der Waals surface area contributed by atoms with E-state index >= 15 is 0 Å². The predicted molar refractivity (Wildman–Crippen MR) is 120 cm³/mol. The van der Waals surface area contributed by atoms with Gasteiger partial charge in [0.05, 0.1) is 24.3 Å². The normalized spacial score (nSPS) is 18.7. The number of nitrogens with one attached hydrogen (secondary N) is 2. The zero-order chi connectivity index (χ0) is 18.4. The first-order valence-corrected chi connectivity index (χ1v) is 9.44. The minimum absolute atomic E-state index is 0. The summed E-state index contributed by atoms with van der Waals surface area (Å²) in [4.78, 5) is 6.73. The van der Waals surface area contributed by atoms with E-state index in [1.165, 1.54) is 0 Å². The van der Waals surface area contributed by atoms with Crippen LogP contribution in [-0.4, -0.2) is 61.4 Å². The van der Waals surface area contributed by atoms with E-state index in [9.17, 15) is 0 Å². The van der Waals surface area contributed by atoms with E-state index in [1.54, 1.807) is 7.05 Å². The number of aromatic nitrogens is 1. The van der Waals surface area contributed by atoms with E-state index < -0.39 is 0 Å². The van der Waals surface area contributed by atoms with Crippen molar-refractivity contribution in [2.75, 3.05) is 39.8 Å². The van der Waals surface area contributed by atoms with Crippen LogP contribution in [0.2, 0.25) is 10.2 Å². The van der Waals surface area contributed by atoms with E-state index in [1.807, 2.05) is 17.7 Å². The summed E-state index contributed by atoms with van der Waals surface area (Å²) < 4.78 is 7.72. The van der Waals surface area contributed by atoms with Gasteiger partial charge in [0.25, 0.3) is 0 Å². The molecule has 0 saturated carbocycles. The van der Waals surface area contributed by atoms with E-state index in [0.717, 1.165) is 44.4 Å². The lowest BCUT2D eigenvalue weighted by atomic mass is 10.2. The number of rotatable bonds is 6. The van der Waals surface area contributed by atoms with Gasteiger partial charge in [-0.15, -0.1) is 24.0 Å². The molecule has 1 saturated heterocycles. The van der Waals surface area contributed by atoms with Crippen molar-refractivity contribution in [1.29, 1.82) is 0 Å². The average Bonchev–Trinajstić information content (AvgIpc) is 2.82. The van der Waals surface area contributed by atoms with Crippen LogP contribution in [0.25, 0.3) is 0 Å². The van der Waals surface area contributed by atoms with Gasteiger partial charge in [-0.3, -0.25) is 9.89 Å². The van der Waals surface area contributed by atoms with Crippen molar-refractivity contribution in [3.63, 3.8) is 0 Å². The van der Waals surface area contributed by atoms with Crippen LogP contribution in [0, 0.1) is 5.92 Å². The van der Waals surface area contributed by atoms with Crippen molar-refractivity contribution in [3.8, 4) is 0 Å². The van der Waals surface area contributed by atoms with E-state index in [0.29, 0.717) is 22.6 Å². The summed E-state index contributed by atoms with van der Waals surface area (Å²) in [5, 5.41) is 7.72. The van der Waals surface area contributed by atoms with Gasteiger partial charge in [0.1, 0.15) is 5.15 Å². The second-order valence-corrected chi connectivity index (χ2v) is 7.55. The highest BCUT2D eigenvalue weighted by molar-refractivity contribution is 14.0. The number of halogens is 3. The van der Waals surface area contributed by atoms with Crippen LogP contribution in [0.3, 0.4) is 0 Å². The quantitative estimate of drug-likeness (QED) is 0.346. The van der Waals surface area contributed by atoms with Gasteiger partial charge in [-0.1, -0.05) is 37.0 Å². The molecular weight excluding hydrogens is 488 g/mol. The van der Waals surface area contributed by atoms with Crippen molar-refractivity contribution in [2.45, 2.75) is 26.5 Å². The molecule has 0 bridgehead atoms. The maximum Gasteiger partial charge on any atom is 0.191 e. The Morgan fingerprint density at radius 2 is 2.12 bits per heavy atom. The Morgan fingerprint density at radius 1 is 1.38 bits per heavy atom. The van der Waals surface area contributed by atoms with Gasteiger partial charge in [-0.25, -0.2) is 0 Å². The van der Waals surface area contributed by atoms with E-state index in [4.69, 9.17) is 27.9 Å². The number of hydrogen-bond acceptors (Lipinski definition) is 3. The highest BCUT2D eigenvalue weighted by atomic mass is 127. The van der Waals surface area contributed by atoms with Crippen molar-refractivity contribution >= 4 is 53.1 Å². The topological polar surface area (TPSA) is 53.8 Å². The fourth-order valence-electron chi connectivity index (χ4n) is 2.95. The second-order valence-electron chi connectivity index (χ2n) is 6.79. The molecule has 0 amide bonds. The molecule has 2 heterocycles. The van der Waals surface area contributed by atoms with Crippen LogP contribution in [0.4, 0.5) is 0 Å². The largest absolute Gasteiger partial charge is 0.374 e. The third kappa shape index (κ3) is 7.07. The van der Waals surface area contributed by atoms with Crippen LogP contribution < -0.4 is 10.6 Å². The highest BCUT2D eigenvalue weighted by Crippen LogP contribution is 2.24. The van der Waals surface area contributed by atoms with Gasteiger partial charge in [0, 0.05) is 46.0 Å². The molecule has 1 fully saturated rings. The summed E-state index contributed by atoms with van der Waals surface area (Å²) in [6.45, 7) is 9.67. The van der Waals surface area contributed by atoms with Gasteiger partial charge < -0.3 is 19.9 Å². The molecule has 150 valence electrons. The molecule has 0 spiro atoms. The maximum absolute atomic E-state index is 6.10. The van der Waals surface area contributed by atoms with Crippen LogP contribution in [0.1, 0.15) is 19.5 Å². The average molecular weight is 518 g/mol. The first kappa shape index (κ1) is 23.8. The minimum atomic E-state index is 0. The number of morpholine rings is 1. The fraction of sp³-hybridized carbons (Fsp3) is 0.706. The van der Waals surface area contributed by atoms with Gasteiger partial charge >= 0.3 is 0 Å². The Kier molecular flexibility index (Phi) is 10.6. The summed E-state index contributed by atoms with van der Waals surface area (Å²) in [5.41, 5.74) is 0.995. The highest BCUT2D eigenvalue weighted by Gasteiger charge is 2.21. The molecule has 1 aliphatic rings. The number of guanidine groups is 1. The Morgan fingerprint density at radius 3 is 2.69 bits per heavy atom. The van der Waals surface area contributed by atoms with E-state index in [2.05, 4.69) is 34.4 Å². The number of nitrogens with zero attached hydrogens (tertiary/aromatic N) is 3. The zero-order valence-corrected chi connectivity index (χ0v) is 19.7. The molecule has 2 N–H and O–H groups in total. The first-order valence-electron chi connectivity index (χ1n) is 8.68. The van der Waals surface area contributed by atoms with Crippen molar-refractivity contribution < 1.29 is 4.74 Å². The number of aliphatic imine (C=N–C) groups is 1. The standard InChI is InChI=1S/C17H29Cl2N5O.HI/c1-12(2)10-24-5-6-25-14(11-24)9-22-17(20-3)21-8-13-7-15(18)16(19)23(13)4;/h7,12,14H,5-6,8-11H2,1-4H3,(H2,20,21,22);1H.